The van der Waals surface area contributed by atoms with Crippen molar-refractivity contribution < 1.29 is 22.8 Å². The van der Waals surface area contributed by atoms with Gasteiger partial charge in [-0.1, -0.05) is 17.4 Å². The number of nitrogens with two attached hydrogens (primary N) is 1. The molecular formula is C16H19N7O5S2. The Balaban J connectivity index is 2.04. The van der Waals surface area contributed by atoms with Crippen molar-refractivity contribution in [2.24, 2.45) is 10.8 Å². The fourth-order valence-corrected chi connectivity index (χ4v) is 5.96. The van der Waals surface area contributed by atoms with Gasteiger partial charge in [0.1, 0.15) is 0 Å². The molecule has 0 bridgehead atoms. The molecule has 1 aliphatic heterocycles. The van der Waals surface area contributed by atoms with Crippen LogP contribution in [0.1, 0.15) is 26.0 Å². The number of aryl methyl sites for hydroxylation is 1. The van der Waals surface area contributed by atoms with Crippen molar-refractivity contribution in [3.63, 3.8) is 0 Å². The molecule has 1 unspecified atom stereocenters. The van der Waals surface area contributed by atoms with E-state index < -0.39 is 28.1 Å². The third-order valence-electron chi connectivity index (χ3n) is 4.09. The topological polar surface area (TPSA) is 176 Å². The first-order valence-corrected chi connectivity index (χ1v) is 10.9. The molecule has 0 aromatic carbocycles. The number of nitrogens with zero attached hydrogens (tertiary/aromatic N) is 3. The maximum absolute atomic E-state index is 13.5. The Hall–Kier alpha value is -3.10. The number of hydrogen-bond donors (Lipinski definition) is 4. The number of hydrazine groups is 1. The highest BCUT2D eigenvalue weighted by molar-refractivity contribution is 7.91. The molecule has 160 valence electrons. The zero-order valence-electron chi connectivity index (χ0n) is 16.2. The monoisotopic (exact) mass is 453 g/mol. The summed E-state index contributed by atoms with van der Waals surface area (Å²) in [6.45, 7) is 4.02. The molecule has 12 nitrogen and oxygen atoms in total. The number of nitrogens with one attached hydrogen (secondary N) is 3. The summed E-state index contributed by atoms with van der Waals surface area (Å²) in [4.78, 5) is 43.1. The van der Waals surface area contributed by atoms with Crippen LogP contribution in [-0.2, 0) is 24.4 Å². The quantitative estimate of drug-likeness (QED) is 0.263. The average molecular weight is 454 g/mol. The SMILES string of the molecule is CC(=O)Nc1nc(C)c(S(=O)(=O)N2C3=CCC(C(=O)NN)=CC3=NC2NC(C)=O)s1. The molecule has 1 aliphatic carbocycles. The van der Waals surface area contributed by atoms with Gasteiger partial charge in [-0.15, -0.1) is 0 Å². The van der Waals surface area contributed by atoms with E-state index in [1.165, 1.54) is 32.9 Å². The number of carbonyl (C=O) groups excluding carboxylic acids is 3. The van der Waals surface area contributed by atoms with Crippen molar-refractivity contribution in [3.05, 3.63) is 29.1 Å². The molecule has 30 heavy (non-hydrogen) atoms. The molecule has 0 fully saturated rings. The molecule has 1 aromatic rings. The standard InChI is InChI=1S/C16H19N7O5S2/c1-7-14(29-16(18-7)20-9(3)25)30(27,28)23-12-5-4-10(13(26)22-17)6-11(12)21-15(23)19-8(2)24/h5-6,15H,4,17H2,1-3H3,(H,19,24)(H,22,26)(H,18,20,25). The number of aromatic nitrogens is 1. The number of sulfonamides is 1. The van der Waals surface area contributed by atoms with Crippen LogP contribution in [-0.4, -0.2) is 47.4 Å². The van der Waals surface area contributed by atoms with E-state index in [2.05, 4.69) is 20.6 Å². The first kappa shape index (κ1) is 21.6. The van der Waals surface area contributed by atoms with Gasteiger partial charge >= 0.3 is 0 Å². The van der Waals surface area contributed by atoms with E-state index in [1.54, 1.807) is 0 Å². The summed E-state index contributed by atoms with van der Waals surface area (Å²) in [5, 5.41) is 5.07. The molecule has 1 aromatic heterocycles. The number of rotatable bonds is 5. The lowest BCUT2D eigenvalue weighted by atomic mass is 10.0. The predicted molar refractivity (Wildman–Crippen MR) is 108 cm³/mol. The molecule has 0 radical (unpaired) electrons. The minimum atomic E-state index is -4.21. The number of hydrogen-bond acceptors (Lipinski definition) is 9. The van der Waals surface area contributed by atoms with Gasteiger partial charge in [-0.2, -0.15) is 8.42 Å². The summed E-state index contributed by atoms with van der Waals surface area (Å²) < 4.78 is 27.8. The Morgan fingerprint density at radius 2 is 1.97 bits per heavy atom. The van der Waals surface area contributed by atoms with Gasteiger partial charge in [0.15, 0.2) is 9.34 Å². The van der Waals surface area contributed by atoms with Crippen LogP contribution in [0.4, 0.5) is 5.13 Å². The van der Waals surface area contributed by atoms with Crippen molar-refractivity contribution in [1.29, 1.82) is 0 Å². The van der Waals surface area contributed by atoms with Gasteiger partial charge in [-0.3, -0.25) is 19.8 Å². The van der Waals surface area contributed by atoms with E-state index in [9.17, 15) is 22.8 Å². The molecule has 3 rings (SSSR count). The highest BCUT2D eigenvalue weighted by Gasteiger charge is 2.42. The highest BCUT2D eigenvalue weighted by Crippen LogP contribution is 2.36. The molecule has 0 saturated heterocycles. The fraction of sp³-hybridized carbons (Fsp3) is 0.312. The number of aliphatic imine (C=N–C) groups is 1. The van der Waals surface area contributed by atoms with Gasteiger partial charge < -0.3 is 10.6 Å². The van der Waals surface area contributed by atoms with E-state index >= 15 is 0 Å². The average Bonchev–Trinajstić information content (AvgIpc) is 3.19. The van der Waals surface area contributed by atoms with Crippen molar-refractivity contribution in [2.75, 3.05) is 5.32 Å². The van der Waals surface area contributed by atoms with Crippen molar-refractivity contribution >= 4 is 49.9 Å². The summed E-state index contributed by atoms with van der Waals surface area (Å²) in [7, 11) is -4.21. The molecular weight excluding hydrogens is 434 g/mol. The van der Waals surface area contributed by atoms with Crippen molar-refractivity contribution in [1.82, 2.24) is 20.0 Å². The first-order valence-electron chi connectivity index (χ1n) is 8.61. The second kappa shape index (κ2) is 7.97. The van der Waals surface area contributed by atoms with Crippen LogP contribution in [0.2, 0.25) is 0 Å². The molecule has 5 N–H and O–H groups in total. The van der Waals surface area contributed by atoms with Crippen LogP contribution in [0.25, 0.3) is 0 Å². The van der Waals surface area contributed by atoms with Gasteiger partial charge in [0.05, 0.1) is 17.1 Å². The molecule has 14 heteroatoms. The number of fused-ring (bicyclic) bond motifs is 1. The molecule has 0 spiro atoms. The van der Waals surface area contributed by atoms with Crippen LogP contribution in [0.15, 0.2) is 32.6 Å². The summed E-state index contributed by atoms with van der Waals surface area (Å²) >= 11 is 0.791. The van der Waals surface area contributed by atoms with E-state index in [0.29, 0.717) is 5.57 Å². The molecule has 1 atom stereocenters. The summed E-state index contributed by atoms with van der Waals surface area (Å²) in [5.74, 6) is 3.75. The second-order valence-corrected chi connectivity index (χ2v) is 9.41. The lowest BCUT2D eigenvalue weighted by Crippen LogP contribution is -2.46. The van der Waals surface area contributed by atoms with Crippen LogP contribution in [0.3, 0.4) is 0 Å². The van der Waals surface area contributed by atoms with E-state index in [4.69, 9.17) is 5.84 Å². The predicted octanol–water partition coefficient (Wildman–Crippen LogP) is -0.521. The summed E-state index contributed by atoms with van der Waals surface area (Å²) in [6.07, 6.45) is 1.82. The number of allylic oxidation sites excluding steroid dienone is 2. The first-order chi connectivity index (χ1) is 14.0. The Labute approximate surface area is 176 Å². The summed E-state index contributed by atoms with van der Waals surface area (Å²) in [5.41, 5.74) is 2.93. The normalized spacial score (nSPS) is 18.1. The second-order valence-electron chi connectivity index (χ2n) is 6.40. The fourth-order valence-electron chi connectivity index (χ4n) is 2.93. The minimum absolute atomic E-state index is 0.103. The van der Waals surface area contributed by atoms with Crippen molar-refractivity contribution in [3.8, 4) is 0 Å². The number of amides is 3. The third kappa shape index (κ3) is 3.96. The minimum Gasteiger partial charge on any atom is -0.317 e. The van der Waals surface area contributed by atoms with Gasteiger partial charge in [-0.25, -0.2) is 20.1 Å². The van der Waals surface area contributed by atoms with Gasteiger partial charge in [0.2, 0.25) is 18.1 Å². The zero-order valence-corrected chi connectivity index (χ0v) is 17.8. The Kier molecular flexibility index (Phi) is 5.74. The summed E-state index contributed by atoms with van der Waals surface area (Å²) in [6, 6.07) is 0. The third-order valence-corrected chi connectivity index (χ3v) is 7.52. The lowest BCUT2D eigenvalue weighted by molar-refractivity contribution is -0.120. The number of carbonyl (C=O) groups is 3. The van der Waals surface area contributed by atoms with Crippen LogP contribution >= 0.6 is 11.3 Å². The zero-order chi connectivity index (χ0) is 22.2. The maximum Gasteiger partial charge on any atom is 0.279 e. The van der Waals surface area contributed by atoms with Crippen molar-refractivity contribution in [2.45, 2.75) is 37.7 Å². The number of thiazole rings is 1. The molecule has 2 aliphatic rings. The molecule has 0 saturated carbocycles. The van der Waals surface area contributed by atoms with E-state index in [-0.39, 0.29) is 38.8 Å². The van der Waals surface area contributed by atoms with Crippen LogP contribution in [0.5, 0.6) is 0 Å². The van der Waals surface area contributed by atoms with E-state index in [0.717, 1.165) is 15.6 Å². The van der Waals surface area contributed by atoms with E-state index in [1.807, 2.05) is 5.43 Å². The maximum atomic E-state index is 13.5. The van der Waals surface area contributed by atoms with Gasteiger partial charge in [0, 0.05) is 19.4 Å². The van der Waals surface area contributed by atoms with Gasteiger partial charge in [-0.05, 0) is 19.4 Å². The Bertz CT molecular complexity index is 1130. The van der Waals surface area contributed by atoms with Crippen LogP contribution in [0, 0.1) is 6.92 Å². The highest BCUT2D eigenvalue weighted by atomic mass is 32.2. The van der Waals surface area contributed by atoms with Crippen LogP contribution < -0.4 is 21.9 Å². The van der Waals surface area contributed by atoms with Gasteiger partial charge in [0.25, 0.3) is 15.9 Å². The Morgan fingerprint density at radius 1 is 1.27 bits per heavy atom. The largest absolute Gasteiger partial charge is 0.317 e. The lowest BCUT2D eigenvalue weighted by Gasteiger charge is -2.26. The Morgan fingerprint density at radius 3 is 2.57 bits per heavy atom. The smallest absolute Gasteiger partial charge is 0.279 e. The molecule has 3 amide bonds. The number of anilines is 1. The molecule has 2 heterocycles.